The molecule has 0 saturated heterocycles. The average molecular weight is 318 g/mol. The zero-order valence-electron chi connectivity index (χ0n) is 13.3. The molecule has 3 rings (SSSR count). The molecule has 3 aromatic rings. The van der Waals surface area contributed by atoms with Crippen molar-refractivity contribution in [1.82, 2.24) is 5.32 Å². The summed E-state index contributed by atoms with van der Waals surface area (Å²) < 4.78 is 0. The molecule has 0 spiro atoms. The first-order valence-electron chi connectivity index (χ1n) is 7.79. The summed E-state index contributed by atoms with van der Waals surface area (Å²) in [5.74, 6) is -0.522. The highest BCUT2D eigenvalue weighted by molar-refractivity contribution is 6.01. The summed E-state index contributed by atoms with van der Waals surface area (Å²) in [7, 11) is 0. The third-order valence-electron chi connectivity index (χ3n) is 3.79. The lowest BCUT2D eigenvalue weighted by Gasteiger charge is -2.14. The van der Waals surface area contributed by atoms with E-state index in [2.05, 4.69) is 10.6 Å². The lowest BCUT2D eigenvalue weighted by molar-refractivity contribution is -0.117. The minimum Gasteiger partial charge on any atom is -0.341 e. The molecular weight excluding hydrogens is 300 g/mol. The van der Waals surface area contributed by atoms with Crippen LogP contribution in [0.4, 0.5) is 5.69 Å². The fourth-order valence-electron chi connectivity index (χ4n) is 2.45. The van der Waals surface area contributed by atoms with Crippen LogP contribution < -0.4 is 10.6 Å². The van der Waals surface area contributed by atoms with E-state index in [0.29, 0.717) is 11.3 Å². The van der Waals surface area contributed by atoms with Crippen LogP contribution in [0.5, 0.6) is 0 Å². The first kappa shape index (κ1) is 15.7. The number of hydrogen-bond donors (Lipinski definition) is 2. The van der Waals surface area contributed by atoms with Gasteiger partial charge in [-0.25, -0.2) is 0 Å². The van der Waals surface area contributed by atoms with Gasteiger partial charge in [-0.05, 0) is 42.0 Å². The molecule has 0 aliphatic heterocycles. The summed E-state index contributed by atoms with van der Waals surface area (Å²) in [6.45, 7) is 1.66. The smallest absolute Gasteiger partial charge is 0.251 e. The summed E-state index contributed by atoms with van der Waals surface area (Å²) in [6.07, 6.45) is 0. The second-order valence-electron chi connectivity index (χ2n) is 5.61. The molecule has 24 heavy (non-hydrogen) atoms. The highest BCUT2D eigenvalue weighted by Crippen LogP contribution is 2.18. The maximum absolute atomic E-state index is 12.3. The summed E-state index contributed by atoms with van der Waals surface area (Å²) in [5, 5.41) is 7.70. The molecule has 4 nitrogen and oxygen atoms in total. The van der Waals surface area contributed by atoms with Gasteiger partial charge < -0.3 is 10.6 Å². The summed E-state index contributed by atoms with van der Waals surface area (Å²) >= 11 is 0. The van der Waals surface area contributed by atoms with Crippen molar-refractivity contribution >= 4 is 28.3 Å². The van der Waals surface area contributed by atoms with Crippen LogP contribution in [0.15, 0.2) is 72.8 Å². The third-order valence-corrected chi connectivity index (χ3v) is 3.79. The number of carbonyl (C=O) groups excluding carboxylic acids is 2. The molecule has 4 heteroatoms. The molecule has 0 aliphatic carbocycles. The van der Waals surface area contributed by atoms with E-state index < -0.39 is 6.04 Å². The second kappa shape index (κ2) is 6.96. The molecule has 0 radical (unpaired) electrons. The molecule has 0 bridgehead atoms. The van der Waals surface area contributed by atoms with E-state index in [1.54, 1.807) is 31.2 Å². The third kappa shape index (κ3) is 3.60. The van der Waals surface area contributed by atoms with E-state index in [9.17, 15) is 9.59 Å². The van der Waals surface area contributed by atoms with Gasteiger partial charge in [-0.1, -0.05) is 48.5 Å². The Bertz CT molecular complexity index is 875. The standard InChI is InChI=1S/C20H18N2O2/c1-14(21-20(24)16-8-3-2-4-9-16)19(23)22-18-12-11-15-7-5-6-10-17(15)13-18/h2-14H,1H3,(H,21,24)(H,22,23). The lowest BCUT2D eigenvalue weighted by atomic mass is 10.1. The molecule has 0 aliphatic rings. The highest BCUT2D eigenvalue weighted by Gasteiger charge is 2.16. The molecule has 0 saturated carbocycles. The maximum Gasteiger partial charge on any atom is 0.251 e. The number of anilines is 1. The number of fused-ring (bicyclic) bond motifs is 1. The number of amides is 2. The van der Waals surface area contributed by atoms with Crippen molar-refractivity contribution in [2.45, 2.75) is 13.0 Å². The van der Waals surface area contributed by atoms with Gasteiger partial charge in [-0.2, -0.15) is 0 Å². The van der Waals surface area contributed by atoms with Gasteiger partial charge >= 0.3 is 0 Å². The van der Waals surface area contributed by atoms with Crippen molar-refractivity contribution in [3.05, 3.63) is 78.4 Å². The van der Waals surface area contributed by atoms with Crippen molar-refractivity contribution in [3.63, 3.8) is 0 Å². The van der Waals surface area contributed by atoms with Gasteiger partial charge in [-0.15, -0.1) is 0 Å². The number of rotatable bonds is 4. The molecule has 0 aromatic heterocycles. The Morgan fingerprint density at radius 1 is 0.833 bits per heavy atom. The highest BCUT2D eigenvalue weighted by atomic mass is 16.2. The van der Waals surface area contributed by atoms with Gasteiger partial charge in [-0.3, -0.25) is 9.59 Å². The van der Waals surface area contributed by atoms with Gasteiger partial charge in [0.25, 0.3) is 5.91 Å². The van der Waals surface area contributed by atoms with Crippen molar-refractivity contribution in [2.24, 2.45) is 0 Å². The molecule has 2 N–H and O–H groups in total. The molecule has 0 fully saturated rings. The molecule has 120 valence electrons. The van der Waals surface area contributed by atoms with E-state index in [1.165, 1.54) is 0 Å². The minimum atomic E-state index is -0.635. The monoisotopic (exact) mass is 318 g/mol. The minimum absolute atomic E-state index is 0.255. The van der Waals surface area contributed by atoms with Crippen LogP contribution in [0.3, 0.4) is 0 Å². The van der Waals surface area contributed by atoms with Gasteiger partial charge in [0.2, 0.25) is 5.91 Å². The second-order valence-corrected chi connectivity index (χ2v) is 5.61. The Balaban J connectivity index is 1.66. The number of hydrogen-bond acceptors (Lipinski definition) is 2. The first-order valence-corrected chi connectivity index (χ1v) is 7.79. The number of benzene rings is 3. The van der Waals surface area contributed by atoms with Gasteiger partial charge in [0.1, 0.15) is 6.04 Å². The van der Waals surface area contributed by atoms with E-state index in [0.717, 1.165) is 10.8 Å². The fraction of sp³-hybridized carbons (Fsp3) is 0.100. The summed E-state index contributed by atoms with van der Waals surface area (Å²) in [4.78, 5) is 24.4. The van der Waals surface area contributed by atoms with E-state index >= 15 is 0 Å². The topological polar surface area (TPSA) is 58.2 Å². The van der Waals surface area contributed by atoms with Crippen molar-refractivity contribution in [1.29, 1.82) is 0 Å². The SMILES string of the molecule is CC(NC(=O)c1ccccc1)C(=O)Nc1ccc2ccccc2c1. The van der Waals surface area contributed by atoms with Crippen LogP contribution in [0.25, 0.3) is 10.8 Å². The van der Waals surface area contributed by atoms with Gasteiger partial charge in [0, 0.05) is 11.3 Å². The Labute approximate surface area is 140 Å². The van der Waals surface area contributed by atoms with E-state index in [1.807, 2.05) is 48.5 Å². The van der Waals surface area contributed by atoms with Crippen LogP contribution in [0, 0.1) is 0 Å². The maximum atomic E-state index is 12.3. The molecule has 1 unspecified atom stereocenters. The molecule has 2 amide bonds. The van der Waals surface area contributed by atoms with Crippen LogP contribution in [0.2, 0.25) is 0 Å². The normalized spacial score (nSPS) is 11.7. The Morgan fingerprint density at radius 3 is 2.25 bits per heavy atom. The van der Waals surface area contributed by atoms with Crippen LogP contribution >= 0.6 is 0 Å². The number of nitrogens with one attached hydrogen (secondary N) is 2. The zero-order chi connectivity index (χ0) is 16.9. The fourth-order valence-corrected chi connectivity index (χ4v) is 2.45. The van der Waals surface area contributed by atoms with E-state index in [4.69, 9.17) is 0 Å². The summed E-state index contributed by atoms with van der Waals surface area (Å²) in [6, 6.07) is 21.9. The van der Waals surface area contributed by atoms with E-state index in [-0.39, 0.29) is 11.8 Å². The summed E-state index contributed by atoms with van der Waals surface area (Å²) in [5.41, 5.74) is 1.24. The predicted molar refractivity (Wildman–Crippen MR) is 95.9 cm³/mol. The van der Waals surface area contributed by atoms with Crippen LogP contribution in [-0.2, 0) is 4.79 Å². The van der Waals surface area contributed by atoms with Crippen LogP contribution in [0.1, 0.15) is 17.3 Å². The average Bonchev–Trinajstić information content (AvgIpc) is 2.62. The molecular formula is C20H18N2O2. The largest absolute Gasteiger partial charge is 0.341 e. The molecule has 0 heterocycles. The van der Waals surface area contributed by atoms with Crippen LogP contribution in [-0.4, -0.2) is 17.9 Å². The van der Waals surface area contributed by atoms with Gasteiger partial charge in [0.05, 0.1) is 0 Å². The molecule has 1 atom stereocenters. The van der Waals surface area contributed by atoms with Crippen molar-refractivity contribution in [3.8, 4) is 0 Å². The first-order chi connectivity index (χ1) is 11.6. The Hall–Kier alpha value is -3.14. The molecule has 3 aromatic carbocycles. The van der Waals surface area contributed by atoms with Gasteiger partial charge in [0.15, 0.2) is 0 Å². The lowest BCUT2D eigenvalue weighted by Crippen LogP contribution is -2.41. The van der Waals surface area contributed by atoms with Crippen molar-refractivity contribution < 1.29 is 9.59 Å². The predicted octanol–water partition coefficient (Wildman–Crippen LogP) is 3.60. The quantitative estimate of drug-likeness (QED) is 0.772. The zero-order valence-corrected chi connectivity index (χ0v) is 13.3. The number of carbonyl (C=O) groups is 2. The Kier molecular flexibility index (Phi) is 4.57. The van der Waals surface area contributed by atoms with Crippen molar-refractivity contribution in [2.75, 3.05) is 5.32 Å². The Morgan fingerprint density at radius 2 is 1.50 bits per heavy atom.